The van der Waals surface area contributed by atoms with Crippen molar-refractivity contribution in [1.29, 1.82) is 0 Å². The Morgan fingerprint density at radius 3 is 2.88 bits per heavy atom. The summed E-state index contributed by atoms with van der Waals surface area (Å²) in [6.07, 6.45) is 1.99. The van der Waals surface area contributed by atoms with Crippen LogP contribution in [0.3, 0.4) is 0 Å². The van der Waals surface area contributed by atoms with Crippen molar-refractivity contribution in [2.45, 2.75) is 45.2 Å². The summed E-state index contributed by atoms with van der Waals surface area (Å²) >= 11 is 0. The molecule has 0 bridgehead atoms. The number of aliphatic carboxylic acids is 1. The van der Waals surface area contributed by atoms with Gasteiger partial charge in [-0.25, -0.2) is 4.79 Å². The maximum absolute atomic E-state index is 12.2. The average Bonchev–Trinajstić information content (AvgIpc) is 2.78. The Bertz CT molecular complexity index is 298. The number of nitrogens with zero attached hydrogens (tertiary/aromatic N) is 1. The lowest BCUT2D eigenvalue weighted by Gasteiger charge is -2.27. The van der Waals surface area contributed by atoms with Crippen LogP contribution in [-0.2, 0) is 9.59 Å². The van der Waals surface area contributed by atoms with E-state index in [2.05, 4.69) is 5.73 Å². The molecule has 1 aliphatic heterocycles. The van der Waals surface area contributed by atoms with Crippen molar-refractivity contribution in [3.63, 3.8) is 0 Å². The lowest BCUT2D eigenvalue weighted by atomic mass is 9.98. The fraction of sp³-hybridized carbons (Fsp3) is 0.818. The van der Waals surface area contributed by atoms with Crippen LogP contribution in [0.1, 0.15) is 33.1 Å². The van der Waals surface area contributed by atoms with Crippen LogP contribution >= 0.6 is 0 Å². The van der Waals surface area contributed by atoms with Gasteiger partial charge in [-0.2, -0.15) is 0 Å². The Morgan fingerprint density at radius 1 is 1.69 bits per heavy atom. The molecule has 1 rings (SSSR count). The Labute approximate surface area is 97.1 Å². The maximum atomic E-state index is 12.2. The SMILES string of the molecule is [3H]NC(C(=O)N1CCC[C@H]1C(=O)O)C(C)CC. The molecule has 0 aromatic heterocycles. The highest BCUT2D eigenvalue weighted by Crippen LogP contribution is 2.20. The van der Waals surface area contributed by atoms with Gasteiger partial charge in [0.25, 0.3) is 0 Å². The number of amides is 1. The molecule has 16 heavy (non-hydrogen) atoms. The number of hydrogen-bond acceptors (Lipinski definition) is 3. The van der Waals surface area contributed by atoms with Gasteiger partial charge in [0.05, 0.1) is 6.04 Å². The summed E-state index contributed by atoms with van der Waals surface area (Å²) in [5, 5.41) is 9.02. The minimum absolute atomic E-state index is 0.0232. The largest absolute Gasteiger partial charge is 0.480 e. The van der Waals surface area contributed by atoms with Crippen LogP contribution in [0.15, 0.2) is 0 Å². The van der Waals surface area contributed by atoms with E-state index >= 15 is 0 Å². The summed E-state index contributed by atoms with van der Waals surface area (Å²) < 4.78 is 7.22. The van der Waals surface area contributed by atoms with E-state index in [0.29, 0.717) is 19.4 Å². The Morgan fingerprint density at radius 2 is 2.38 bits per heavy atom. The average molecular weight is 230 g/mol. The first-order valence-electron chi connectivity index (χ1n) is 6.23. The minimum atomic E-state index is -0.955. The summed E-state index contributed by atoms with van der Waals surface area (Å²) in [6, 6.07) is -1.33. The topological polar surface area (TPSA) is 83.6 Å². The van der Waals surface area contributed by atoms with Crippen LogP contribution in [0.5, 0.6) is 0 Å². The number of carbonyl (C=O) groups excluding carboxylic acids is 1. The molecule has 0 aliphatic carbocycles. The molecule has 1 aliphatic rings. The molecule has 2 unspecified atom stereocenters. The van der Waals surface area contributed by atoms with E-state index in [1.807, 2.05) is 13.8 Å². The quantitative estimate of drug-likeness (QED) is 0.717. The molecule has 0 aromatic rings. The van der Waals surface area contributed by atoms with Crippen molar-refractivity contribution in [2.24, 2.45) is 11.6 Å². The normalized spacial score (nSPS) is 25.0. The second kappa shape index (κ2) is 5.30. The van der Waals surface area contributed by atoms with Gasteiger partial charge < -0.3 is 15.7 Å². The molecular weight excluding hydrogens is 208 g/mol. The summed E-state index contributed by atoms with van der Waals surface area (Å²) in [5.74, 6) is -1.20. The van der Waals surface area contributed by atoms with Gasteiger partial charge in [0.1, 0.15) is 7.45 Å². The highest BCUT2D eigenvalue weighted by atomic mass is 16.4. The van der Waals surface area contributed by atoms with Gasteiger partial charge in [0, 0.05) is 6.54 Å². The Kier molecular flexibility index (Phi) is 3.77. The number of hydrogen-bond donors (Lipinski definition) is 2. The fourth-order valence-corrected chi connectivity index (χ4v) is 1.94. The fourth-order valence-electron chi connectivity index (χ4n) is 1.94. The lowest BCUT2D eigenvalue weighted by Crippen LogP contribution is -2.50. The first-order chi connectivity index (χ1) is 8.02. The molecule has 3 atom stereocenters. The van der Waals surface area contributed by atoms with E-state index in [-0.39, 0.29) is 11.8 Å². The van der Waals surface area contributed by atoms with Gasteiger partial charge in [-0.3, -0.25) is 4.79 Å². The smallest absolute Gasteiger partial charge is 0.326 e. The lowest BCUT2D eigenvalue weighted by molar-refractivity contribution is -0.149. The molecule has 1 fully saturated rings. The van der Waals surface area contributed by atoms with Crippen molar-refractivity contribution in [3.05, 3.63) is 0 Å². The van der Waals surface area contributed by atoms with E-state index in [0.717, 1.165) is 6.42 Å². The Balaban J connectivity index is 2.76. The standard InChI is InChI=1S/C11H20N2O3/c1-3-7(2)9(12)10(14)13-6-4-5-8(13)11(15)16/h7-9H,3-6,12H2,1-2H3,(H,15,16)/t7?,8-,9?/m0/s1/i/hT. The number of carboxylic acids is 1. The third-order valence-corrected chi connectivity index (χ3v) is 3.30. The molecule has 0 aromatic carbocycles. The van der Waals surface area contributed by atoms with E-state index in [4.69, 9.17) is 6.52 Å². The molecule has 3 N–H and O–H groups in total. The minimum Gasteiger partial charge on any atom is -0.480 e. The van der Waals surface area contributed by atoms with Crippen LogP contribution < -0.4 is 5.73 Å². The summed E-state index contributed by atoms with van der Waals surface area (Å²) in [5.41, 5.74) is 2.25. The van der Waals surface area contributed by atoms with Gasteiger partial charge in [-0.1, -0.05) is 20.3 Å². The van der Waals surface area contributed by atoms with E-state index in [1.165, 1.54) is 4.90 Å². The molecule has 1 amide bonds. The van der Waals surface area contributed by atoms with Gasteiger partial charge in [-0.15, -0.1) is 0 Å². The molecule has 1 saturated heterocycles. The predicted molar refractivity (Wildman–Crippen MR) is 59.8 cm³/mol. The second-order valence-corrected chi connectivity index (χ2v) is 4.39. The van der Waals surface area contributed by atoms with Gasteiger partial charge >= 0.3 is 5.97 Å². The molecular formula is C11H20N2O3. The van der Waals surface area contributed by atoms with Gasteiger partial charge in [0.15, 0.2) is 0 Å². The highest BCUT2D eigenvalue weighted by molar-refractivity contribution is 5.87. The molecule has 1 heterocycles. The van der Waals surface area contributed by atoms with Crippen LogP contribution in [-0.4, -0.2) is 40.5 Å². The van der Waals surface area contributed by atoms with E-state index in [1.54, 1.807) is 0 Å². The van der Waals surface area contributed by atoms with Gasteiger partial charge in [0.2, 0.25) is 5.91 Å². The highest BCUT2D eigenvalue weighted by Gasteiger charge is 2.36. The zero-order valence-electron chi connectivity index (χ0n) is 10.8. The van der Waals surface area contributed by atoms with E-state index < -0.39 is 18.1 Å². The molecule has 92 valence electrons. The zero-order valence-corrected chi connectivity index (χ0v) is 9.77. The molecule has 5 heteroatoms. The first-order valence-corrected chi connectivity index (χ1v) is 5.73. The van der Waals surface area contributed by atoms with Gasteiger partial charge in [-0.05, 0) is 18.8 Å². The van der Waals surface area contributed by atoms with Crippen molar-refractivity contribution in [2.75, 3.05) is 6.54 Å². The number of nitrogens with two attached hydrogens (primary N) is 1. The number of carbonyl (C=O) groups is 2. The third-order valence-electron chi connectivity index (χ3n) is 3.30. The first kappa shape index (κ1) is 11.4. The monoisotopic (exact) mass is 230 g/mol. The van der Waals surface area contributed by atoms with Crippen molar-refractivity contribution < 1.29 is 16.1 Å². The summed E-state index contributed by atoms with van der Waals surface area (Å²) in [7, 11) is 0. The van der Waals surface area contributed by atoms with Crippen molar-refractivity contribution >= 4 is 11.9 Å². The van der Waals surface area contributed by atoms with Crippen molar-refractivity contribution in [1.82, 2.24) is 4.90 Å². The Hall–Kier alpha value is -1.10. The number of likely N-dealkylation sites (tertiary alicyclic amines) is 1. The molecule has 0 saturated carbocycles. The molecule has 0 spiro atoms. The van der Waals surface area contributed by atoms with Crippen LogP contribution in [0, 0.1) is 5.92 Å². The second-order valence-electron chi connectivity index (χ2n) is 4.39. The number of rotatable bonds is 5. The summed E-state index contributed by atoms with van der Waals surface area (Å²) in [4.78, 5) is 24.6. The van der Waals surface area contributed by atoms with Crippen LogP contribution in [0.25, 0.3) is 0 Å². The van der Waals surface area contributed by atoms with Crippen LogP contribution in [0.2, 0.25) is 1.41 Å². The molecule has 0 radical (unpaired) electrons. The van der Waals surface area contributed by atoms with Crippen molar-refractivity contribution in [3.8, 4) is 0 Å². The summed E-state index contributed by atoms with van der Waals surface area (Å²) in [6.45, 7) is 4.31. The molecule has 5 nitrogen and oxygen atoms in total. The van der Waals surface area contributed by atoms with E-state index in [9.17, 15) is 9.59 Å². The predicted octanol–water partition coefficient (Wildman–Crippen LogP) is 0.435. The van der Waals surface area contributed by atoms with Crippen LogP contribution in [0.4, 0.5) is 0 Å². The zero-order chi connectivity index (χ0) is 13.0. The maximum Gasteiger partial charge on any atom is 0.326 e. The third kappa shape index (κ3) is 2.52. The number of carboxylic acid groups (broad SMARTS) is 1.